The maximum Gasteiger partial charge on any atom is 0.140 e. The van der Waals surface area contributed by atoms with E-state index in [0.29, 0.717) is 11.6 Å². The molecule has 1 rings (SSSR count). The molecule has 1 heterocycles. The summed E-state index contributed by atoms with van der Waals surface area (Å²) in [5, 5.41) is 8.64. The number of hydrogen-bond acceptors (Lipinski definition) is 3. The lowest BCUT2D eigenvalue weighted by molar-refractivity contribution is 0.618. The largest absolute Gasteiger partial charge is 0.370 e. The Morgan fingerprint density at radius 1 is 1.47 bits per heavy atom. The molecule has 80 valence electrons. The molecule has 1 aromatic rings. The van der Waals surface area contributed by atoms with Crippen molar-refractivity contribution in [2.45, 2.75) is 20.8 Å². The molecule has 3 nitrogen and oxygen atoms in total. The van der Waals surface area contributed by atoms with E-state index in [2.05, 4.69) is 30.7 Å². The second kappa shape index (κ2) is 5.35. The first kappa shape index (κ1) is 11.5. The zero-order valence-corrected chi connectivity index (χ0v) is 9.57. The Balaban J connectivity index is 2.79. The maximum atomic E-state index is 8.64. The van der Waals surface area contributed by atoms with Gasteiger partial charge >= 0.3 is 0 Å². The summed E-state index contributed by atoms with van der Waals surface area (Å²) in [5.74, 6) is 0.626. The van der Waals surface area contributed by atoms with E-state index in [-0.39, 0.29) is 0 Å². The molecule has 0 unspecified atom stereocenters. The van der Waals surface area contributed by atoms with Gasteiger partial charge in [-0.1, -0.05) is 13.8 Å². The van der Waals surface area contributed by atoms with Crippen LogP contribution in [0.15, 0.2) is 18.3 Å². The summed E-state index contributed by atoms with van der Waals surface area (Å²) >= 11 is 0. The predicted octanol–water partition coefficient (Wildman–Crippen LogP) is 2.44. The third-order valence-corrected chi connectivity index (χ3v) is 2.19. The molecule has 0 N–H and O–H groups in total. The zero-order chi connectivity index (χ0) is 11.3. The minimum absolute atomic E-state index is 0.472. The molecular formula is C12H17N3. The molecule has 3 heteroatoms. The monoisotopic (exact) mass is 203 g/mol. The number of rotatable bonds is 4. The number of anilines is 1. The highest BCUT2D eigenvalue weighted by Gasteiger charge is 2.06. The van der Waals surface area contributed by atoms with Gasteiger partial charge in [-0.15, -0.1) is 0 Å². The second-order valence-corrected chi connectivity index (χ2v) is 3.95. The molecule has 0 aliphatic rings. The van der Waals surface area contributed by atoms with Crippen LogP contribution < -0.4 is 4.90 Å². The van der Waals surface area contributed by atoms with Crippen molar-refractivity contribution in [2.75, 3.05) is 18.0 Å². The molecule has 0 aromatic carbocycles. The summed E-state index contributed by atoms with van der Waals surface area (Å²) in [6, 6.07) is 5.74. The third-order valence-electron chi connectivity index (χ3n) is 2.19. The van der Waals surface area contributed by atoms with Crippen LogP contribution in [-0.2, 0) is 0 Å². The van der Waals surface area contributed by atoms with Gasteiger partial charge in [0.25, 0.3) is 0 Å². The normalized spacial score (nSPS) is 10.1. The van der Waals surface area contributed by atoms with Gasteiger partial charge in [-0.05, 0) is 25.0 Å². The highest BCUT2D eigenvalue weighted by molar-refractivity contribution is 5.45. The average Bonchev–Trinajstić information content (AvgIpc) is 2.26. The van der Waals surface area contributed by atoms with Crippen molar-refractivity contribution < 1.29 is 0 Å². The van der Waals surface area contributed by atoms with Gasteiger partial charge in [0.2, 0.25) is 0 Å². The van der Waals surface area contributed by atoms with Crippen LogP contribution in [0.5, 0.6) is 0 Å². The van der Waals surface area contributed by atoms with Crippen molar-refractivity contribution in [3.8, 4) is 6.07 Å². The summed E-state index contributed by atoms with van der Waals surface area (Å²) in [4.78, 5) is 6.33. The lowest BCUT2D eigenvalue weighted by Crippen LogP contribution is -2.27. The van der Waals surface area contributed by atoms with Gasteiger partial charge in [0.05, 0.1) is 11.9 Å². The Hall–Kier alpha value is -1.56. The number of pyridine rings is 1. The molecular weight excluding hydrogens is 186 g/mol. The van der Waals surface area contributed by atoms with Crippen LogP contribution in [0.3, 0.4) is 0 Å². The summed E-state index contributed by atoms with van der Waals surface area (Å²) in [7, 11) is 0. The van der Waals surface area contributed by atoms with Crippen molar-refractivity contribution in [3.05, 3.63) is 24.0 Å². The fourth-order valence-corrected chi connectivity index (χ4v) is 1.50. The van der Waals surface area contributed by atoms with E-state index in [1.165, 1.54) is 0 Å². The summed E-state index contributed by atoms with van der Waals surface area (Å²) in [6.07, 6.45) is 1.77. The van der Waals surface area contributed by atoms with Gasteiger partial charge in [-0.3, -0.25) is 0 Å². The molecule has 0 aliphatic carbocycles. The first-order valence-corrected chi connectivity index (χ1v) is 5.28. The van der Waals surface area contributed by atoms with E-state index in [4.69, 9.17) is 5.26 Å². The van der Waals surface area contributed by atoms with Crippen LogP contribution in [0.1, 0.15) is 26.5 Å². The van der Waals surface area contributed by atoms with Crippen molar-refractivity contribution in [3.63, 3.8) is 0 Å². The molecule has 0 aliphatic heterocycles. The first-order chi connectivity index (χ1) is 7.17. The van der Waals surface area contributed by atoms with Gasteiger partial charge < -0.3 is 4.90 Å². The van der Waals surface area contributed by atoms with E-state index in [1.807, 2.05) is 12.1 Å². The molecule has 0 saturated carbocycles. The minimum atomic E-state index is 0.472. The fraction of sp³-hybridized carbons (Fsp3) is 0.500. The summed E-state index contributed by atoms with van der Waals surface area (Å²) < 4.78 is 0. The highest BCUT2D eigenvalue weighted by atomic mass is 15.1. The quantitative estimate of drug-likeness (QED) is 0.754. The van der Waals surface area contributed by atoms with E-state index >= 15 is 0 Å². The number of hydrogen-bond donors (Lipinski definition) is 0. The van der Waals surface area contributed by atoms with Crippen LogP contribution in [0.4, 0.5) is 5.69 Å². The van der Waals surface area contributed by atoms with Gasteiger partial charge in [0.15, 0.2) is 0 Å². The topological polar surface area (TPSA) is 39.9 Å². The standard InChI is InChI=1S/C12H17N3/c1-4-15(9-10(2)3)12-6-5-11(7-13)14-8-12/h5-6,8,10H,4,9H2,1-3H3. The molecule has 0 radical (unpaired) electrons. The van der Waals surface area contributed by atoms with Crippen LogP contribution in [-0.4, -0.2) is 18.1 Å². The Labute approximate surface area is 91.4 Å². The van der Waals surface area contributed by atoms with Crippen molar-refractivity contribution >= 4 is 5.69 Å². The molecule has 0 spiro atoms. The van der Waals surface area contributed by atoms with Crippen LogP contribution in [0, 0.1) is 17.2 Å². The zero-order valence-electron chi connectivity index (χ0n) is 9.57. The van der Waals surface area contributed by atoms with E-state index < -0.39 is 0 Å². The van der Waals surface area contributed by atoms with Gasteiger partial charge in [0, 0.05) is 13.1 Å². The van der Waals surface area contributed by atoms with Gasteiger partial charge in [-0.25, -0.2) is 4.98 Å². The van der Waals surface area contributed by atoms with Crippen LogP contribution >= 0.6 is 0 Å². The Bertz CT molecular complexity index is 335. The van der Waals surface area contributed by atoms with E-state index in [1.54, 1.807) is 12.3 Å². The number of nitriles is 1. The minimum Gasteiger partial charge on any atom is -0.370 e. The fourth-order valence-electron chi connectivity index (χ4n) is 1.50. The first-order valence-electron chi connectivity index (χ1n) is 5.28. The molecule has 0 atom stereocenters. The number of nitrogens with zero attached hydrogens (tertiary/aromatic N) is 3. The molecule has 15 heavy (non-hydrogen) atoms. The molecule has 0 amide bonds. The molecule has 0 bridgehead atoms. The molecule has 0 fully saturated rings. The smallest absolute Gasteiger partial charge is 0.140 e. The Morgan fingerprint density at radius 3 is 2.60 bits per heavy atom. The predicted molar refractivity (Wildman–Crippen MR) is 61.7 cm³/mol. The van der Waals surface area contributed by atoms with E-state index in [0.717, 1.165) is 18.8 Å². The molecule has 1 aromatic heterocycles. The SMILES string of the molecule is CCN(CC(C)C)c1ccc(C#N)nc1. The summed E-state index contributed by atoms with van der Waals surface area (Å²) in [5.41, 5.74) is 1.56. The third kappa shape index (κ3) is 3.25. The highest BCUT2D eigenvalue weighted by Crippen LogP contribution is 2.14. The van der Waals surface area contributed by atoms with Crippen LogP contribution in [0.25, 0.3) is 0 Å². The number of aromatic nitrogens is 1. The second-order valence-electron chi connectivity index (χ2n) is 3.95. The molecule has 0 saturated heterocycles. The van der Waals surface area contributed by atoms with Crippen molar-refractivity contribution in [2.24, 2.45) is 5.92 Å². The Kier molecular flexibility index (Phi) is 4.11. The van der Waals surface area contributed by atoms with Gasteiger partial charge in [-0.2, -0.15) is 5.26 Å². The van der Waals surface area contributed by atoms with Crippen molar-refractivity contribution in [1.29, 1.82) is 5.26 Å². The van der Waals surface area contributed by atoms with E-state index in [9.17, 15) is 0 Å². The average molecular weight is 203 g/mol. The Morgan fingerprint density at radius 2 is 2.20 bits per heavy atom. The summed E-state index contributed by atoms with van der Waals surface area (Å²) in [6.45, 7) is 8.50. The van der Waals surface area contributed by atoms with Crippen LogP contribution in [0.2, 0.25) is 0 Å². The maximum absolute atomic E-state index is 8.64. The lowest BCUT2D eigenvalue weighted by Gasteiger charge is -2.24. The van der Waals surface area contributed by atoms with Gasteiger partial charge in [0.1, 0.15) is 11.8 Å². The lowest BCUT2D eigenvalue weighted by atomic mass is 10.2. The van der Waals surface area contributed by atoms with Crippen molar-refractivity contribution in [1.82, 2.24) is 4.98 Å².